The first-order valence-electron chi connectivity index (χ1n) is 8.28. The van der Waals surface area contributed by atoms with E-state index in [9.17, 15) is 4.79 Å². The molecule has 0 aliphatic heterocycles. The van der Waals surface area contributed by atoms with E-state index in [0.717, 1.165) is 46.3 Å². The van der Waals surface area contributed by atoms with Gasteiger partial charge < -0.3 is 5.32 Å². The van der Waals surface area contributed by atoms with Crippen molar-refractivity contribution in [1.29, 1.82) is 0 Å². The van der Waals surface area contributed by atoms with Gasteiger partial charge in [-0.3, -0.25) is 9.48 Å². The fourth-order valence-electron chi connectivity index (χ4n) is 3.00. The molecular formula is C19H20N4O. The van der Waals surface area contributed by atoms with Crippen LogP contribution >= 0.6 is 0 Å². The quantitative estimate of drug-likeness (QED) is 0.804. The Bertz CT molecular complexity index is 924. The van der Waals surface area contributed by atoms with Crippen molar-refractivity contribution in [3.63, 3.8) is 0 Å². The van der Waals surface area contributed by atoms with E-state index in [2.05, 4.69) is 29.5 Å². The number of aromatic nitrogens is 3. The molecule has 0 unspecified atom stereocenters. The molecule has 2 aromatic heterocycles. The number of nitrogens with zero attached hydrogens (tertiary/aromatic N) is 3. The Balaban J connectivity index is 1.66. The van der Waals surface area contributed by atoms with E-state index in [0.29, 0.717) is 12.5 Å². The maximum atomic E-state index is 12.0. The summed E-state index contributed by atoms with van der Waals surface area (Å²) < 4.78 is 1.82. The van der Waals surface area contributed by atoms with Crippen LogP contribution in [0.2, 0.25) is 0 Å². The third kappa shape index (κ3) is 2.89. The molecule has 0 spiro atoms. The van der Waals surface area contributed by atoms with Gasteiger partial charge in [0.1, 0.15) is 0 Å². The van der Waals surface area contributed by atoms with Crippen LogP contribution in [0.4, 0.5) is 0 Å². The maximum absolute atomic E-state index is 12.0. The second kappa shape index (κ2) is 5.74. The summed E-state index contributed by atoms with van der Waals surface area (Å²) in [4.78, 5) is 16.8. The minimum absolute atomic E-state index is 0.106. The molecule has 1 amide bonds. The lowest BCUT2D eigenvalue weighted by molar-refractivity contribution is -0.120. The van der Waals surface area contributed by atoms with Gasteiger partial charge in [0.05, 0.1) is 23.3 Å². The molecule has 1 aromatic carbocycles. The van der Waals surface area contributed by atoms with Crippen molar-refractivity contribution in [3.05, 3.63) is 47.7 Å². The molecule has 122 valence electrons. The summed E-state index contributed by atoms with van der Waals surface area (Å²) >= 11 is 0. The average molecular weight is 320 g/mol. The number of hydrogen-bond acceptors (Lipinski definition) is 3. The van der Waals surface area contributed by atoms with E-state index >= 15 is 0 Å². The summed E-state index contributed by atoms with van der Waals surface area (Å²) in [5.74, 6) is 0.106. The van der Waals surface area contributed by atoms with Gasteiger partial charge in [-0.05, 0) is 55.2 Å². The fourth-order valence-corrected chi connectivity index (χ4v) is 3.00. The van der Waals surface area contributed by atoms with Crippen LogP contribution in [0.3, 0.4) is 0 Å². The zero-order valence-electron chi connectivity index (χ0n) is 13.9. The fraction of sp³-hybridized carbons (Fsp3) is 0.316. The van der Waals surface area contributed by atoms with Crippen LogP contribution in [0.1, 0.15) is 24.0 Å². The van der Waals surface area contributed by atoms with Gasteiger partial charge in [-0.2, -0.15) is 5.10 Å². The summed E-state index contributed by atoms with van der Waals surface area (Å²) in [5.41, 5.74) is 5.03. The summed E-state index contributed by atoms with van der Waals surface area (Å²) in [6.45, 7) is 2.08. The van der Waals surface area contributed by atoms with Crippen LogP contribution in [0, 0.1) is 6.92 Å². The molecule has 5 heteroatoms. The molecule has 24 heavy (non-hydrogen) atoms. The number of hydrogen-bond donors (Lipinski definition) is 1. The number of carbonyl (C=O) groups is 1. The molecule has 1 aliphatic rings. The van der Waals surface area contributed by atoms with Gasteiger partial charge in [-0.15, -0.1) is 0 Å². The second-order valence-corrected chi connectivity index (χ2v) is 6.53. The largest absolute Gasteiger partial charge is 0.353 e. The Morgan fingerprint density at radius 1 is 1.29 bits per heavy atom. The third-order valence-electron chi connectivity index (χ3n) is 4.47. The molecule has 0 radical (unpaired) electrons. The Morgan fingerprint density at radius 3 is 2.83 bits per heavy atom. The Hall–Kier alpha value is -2.69. The third-order valence-corrected chi connectivity index (χ3v) is 4.47. The van der Waals surface area contributed by atoms with Crippen molar-refractivity contribution in [2.24, 2.45) is 7.05 Å². The van der Waals surface area contributed by atoms with Crippen molar-refractivity contribution in [2.75, 3.05) is 0 Å². The van der Waals surface area contributed by atoms with Gasteiger partial charge in [0.15, 0.2) is 0 Å². The molecule has 0 atom stereocenters. The minimum Gasteiger partial charge on any atom is -0.353 e. The zero-order valence-corrected chi connectivity index (χ0v) is 13.9. The van der Waals surface area contributed by atoms with Crippen LogP contribution in [0.25, 0.3) is 22.3 Å². The number of rotatable bonds is 4. The number of amides is 1. The Labute approximate surface area is 140 Å². The molecular weight excluding hydrogens is 300 g/mol. The zero-order chi connectivity index (χ0) is 16.7. The molecule has 0 bridgehead atoms. The van der Waals surface area contributed by atoms with Crippen LogP contribution in [-0.4, -0.2) is 26.7 Å². The highest BCUT2D eigenvalue weighted by Crippen LogP contribution is 2.25. The molecule has 1 N–H and O–H groups in total. The monoisotopic (exact) mass is 320 g/mol. The van der Waals surface area contributed by atoms with Gasteiger partial charge in [0.25, 0.3) is 0 Å². The summed E-state index contributed by atoms with van der Waals surface area (Å²) in [7, 11) is 1.91. The van der Waals surface area contributed by atoms with Gasteiger partial charge in [-0.1, -0.05) is 6.07 Å². The first-order valence-corrected chi connectivity index (χ1v) is 8.28. The van der Waals surface area contributed by atoms with Gasteiger partial charge in [0.2, 0.25) is 5.91 Å². The number of nitrogens with one attached hydrogen (secondary N) is 1. The Morgan fingerprint density at radius 2 is 2.12 bits per heavy atom. The van der Waals surface area contributed by atoms with E-state index in [1.54, 1.807) is 6.20 Å². The Kier molecular flexibility index (Phi) is 3.56. The highest BCUT2D eigenvalue weighted by atomic mass is 16.1. The number of aryl methyl sites for hydroxylation is 2. The minimum atomic E-state index is 0.106. The van der Waals surface area contributed by atoms with Crippen molar-refractivity contribution in [1.82, 2.24) is 20.1 Å². The van der Waals surface area contributed by atoms with E-state index in [1.165, 1.54) is 0 Å². The molecule has 1 saturated carbocycles. The number of benzene rings is 1. The smallest absolute Gasteiger partial charge is 0.224 e. The predicted octanol–water partition coefficient (Wildman–Crippen LogP) is 2.76. The molecule has 0 saturated heterocycles. The second-order valence-electron chi connectivity index (χ2n) is 6.53. The first-order chi connectivity index (χ1) is 11.6. The molecule has 1 aliphatic carbocycles. The lowest BCUT2D eigenvalue weighted by Crippen LogP contribution is -2.26. The summed E-state index contributed by atoms with van der Waals surface area (Å²) in [5, 5.41) is 8.34. The van der Waals surface area contributed by atoms with Gasteiger partial charge >= 0.3 is 0 Å². The van der Waals surface area contributed by atoms with Crippen molar-refractivity contribution < 1.29 is 4.79 Å². The summed E-state index contributed by atoms with van der Waals surface area (Å²) in [6, 6.07) is 10.5. The van der Waals surface area contributed by atoms with Gasteiger partial charge in [0, 0.05) is 24.7 Å². The molecule has 3 aromatic rings. The molecule has 4 rings (SSSR count). The van der Waals surface area contributed by atoms with Crippen LogP contribution < -0.4 is 5.32 Å². The van der Waals surface area contributed by atoms with Crippen LogP contribution in [0.15, 0.2) is 36.5 Å². The predicted molar refractivity (Wildman–Crippen MR) is 93.6 cm³/mol. The highest BCUT2D eigenvalue weighted by molar-refractivity contribution is 5.87. The number of fused-ring (bicyclic) bond motifs is 1. The van der Waals surface area contributed by atoms with Crippen molar-refractivity contribution in [2.45, 2.75) is 32.2 Å². The SMILES string of the molecule is Cc1cc(-c2ccnn2C)nc2ccc(CC(=O)NC3CC3)cc12. The number of carbonyl (C=O) groups excluding carboxylic acids is 1. The van der Waals surface area contributed by atoms with E-state index in [1.807, 2.05) is 29.9 Å². The summed E-state index contributed by atoms with van der Waals surface area (Å²) in [6.07, 6.45) is 4.43. The lowest BCUT2D eigenvalue weighted by Gasteiger charge is -2.09. The van der Waals surface area contributed by atoms with E-state index in [4.69, 9.17) is 4.98 Å². The maximum Gasteiger partial charge on any atom is 0.224 e. The van der Waals surface area contributed by atoms with Crippen LogP contribution in [0.5, 0.6) is 0 Å². The van der Waals surface area contributed by atoms with Gasteiger partial charge in [-0.25, -0.2) is 4.98 Å². The topological polar surface area (TPSA) is 59.8 Å². The number of pyridine rings is 1. The molecule has 5 nitrogen and oxygen atoms in total. The lowest BCUT2D eigenvalue weighted by atomic mass is 10.0. The molecule has 1 fully saturated rings. The van der Waals surface area contributed by atoms with Crippen molar-refractivity contribution >= 4 is 16.8 Å². The highest BCUT2D eigenvalue weighted by Gasteiger charge is 2.23. The van der Waals surface area contributed by atoms with Crippen molar-refractivity contribution in [3.8, 4) is 11.4 Å². The normalized spacial score (nSPS) is 14.1. The molecule has 2 heterocycles. The van der Waals surface area contributed by atoms with Crippen LogP contribution in [-0.2, 0) is 18.3 Å². The standard InChI is InChI=1S/C19H20N4O/c1-12-9-17(18-7-8-20-23(18)2)22-16-6-3-13(10-15(12)16)11-19(24)21-14-4-5-14/h3,6-10,14H,4-5,11H2,1-2H3,(H,21,24). The van der Waals surface area contributed by atoms with E-state index in [-0.39, 0.29) is 5.91 Å². The van der Waals surface area contributed by atoms with E-state index < -0.39 is 0 Å². The average Bonchev–Trinajstić information content (AvgIpc) is 3.25. The first kappa shape index (κ1) is 14.9.